The number of quaternary nitrogens is 1. The second kappa shape index (κ2) is 9.18. The molecule has 0 saturated carbocycles. The molecule has 7 nitrogen and oxygen atoms in total. The summed E-state index contributed by atoms with van der Waals surface area (Å²) in [7, 11) is 0. The minimum atomic E-state index is -0.366. The van der Waals surface area contributed by atoms with Crippen molar-refractivity contribution in [1.29, 1.82) is 0 Å². The third-order valence-electron chi connectivity index (χ3n) is 4.28. The van der Waals surface area contributed by atoms with Crippen molar-refractivity contribution in [1.82, 2.24) is 0 Å². The highest BCUT2D eigenvalue weighted by Gasteiger charge is 2.18. The van der Waals surface area contributed by atoms with Crippen LogP contribution in [0.4, 0.5) is 15.8 Å². The highest BCUT2D eigenvalue weighted by atomic mass is 19.1. The fourth-order valence-corrected chi connectivity index (χ4v) is 2.83. The molecule has 0 radical (unpaired) electrons. The van der Waals surface area contributed by atoms with Gasteiger partial charge in [-0.2, -0.15) is 0 Å². The molecule has 0 fully saturated rings. The molecule has 1 atom stereocenters. The molecule has 28 heavy (non-hydrogen) atoms. The van der Waals surface area contributed by atoms with E-state index in [-0.39, 0.29) is 30.7 Å². The van der Waals surface area contributed by atoms with Crippen molar-refractivity contribution in [3.8, 4) is 11.5 Å². The van der Waals surface area contributed by atoms with Crippen molar-refractivity contribution in [2.75, 3.05) is 43.5 Å². The van der Waals surface area contributed by atoms with E-state index in [4.69, 9.17) is 9.47 Å². The quantitative estimate of drug-likeness (QED) is 0.663. The zero-order valence-corrected chi connectivity index (χ0v) is 15.6. The molecule has 1 unspecified atom stereocenters. The molecule has 2 amide bonds. The zero-order chi connectivity index (χ0) is 19.9. The molecule has 3 rings (SSSR count). The Hall–Kier alpha value is -3.13. The Kier molecular flexibility index (Phi) is 6.44. The Bertz CT molecular complexity index is 842. The molecule has 148 valence electrons. The van der Waals surface area contributed by atoms with Crippen molar-refractivity contribution in [3.63, 3.8) is 0 Å². The summed E-state index contributed by atoms with van der Waals surface area (Å²) in [6.07, 6.45) is 0. The summed E-state index contributed by atoms with van der Waals surface area (Å²) in [6, 6.07) is 10.8. The largest absolute Gasteiger partial charge is 0.486 e. The van der Waals surface area contributed by atoms with Gasteiger partial charge in [-0.25, -0.2) is 4.39 Å². The first-order chi connectivity index (χ1) is 13.5. The Morgan fingerprint density at radius 3 is 2.14 bits per heavy atom. The maximum atomic E-state index is 12.9. The van der Waals surface area contributed by atoms with E-state index in [0.29, 0.717) is 42.6 Å². The van der Waals surface area contributed by atoms with E-state index in [1.54, 1.807) is 18.2 Å². The number of halogens is 1. The highest BCUT2D eigenvalue weighted by Crippen LogP contribution is 2.32. The molecule has 1 heterocycles. The molecule has 0 aliphatic carbocycles. The monoisotopic (exact) mass is 388 g/mol. The Labute approximate surface area is 162 Å². The van der Waals surface area contributed by atoms with E-state index in [1.165, 1.54) is 24.3 Å². The first kappa shape index (κ1) is 19.6. The van der Waals surface area contributed by atoms with Gasteiger partial charge >= 0.3 is 0 Å². The summed E-state index contributed by atoms with van der Waals surface area (Å²) in [6.45, 7) is 3.75. The molecular formula is C20H23FN3O4+. The topological polar surface area (TPSA) is 81.1 Å². The number of nitrogens with one attached hydrogen (secondary N) is 3. The standard InChI is InChI=1S/C20H22FN3O4/c1-2-24(12-19(25)22-15-5-3-14(21)4-6-15)13-20(26)23-16-7-8-17-18(11-16)28-10-9-27-17/h3-8,11H,2,9-10,12-13H2,1H3,(H,22,25)(H,23,26)/p+1. The lowest BCUT2D eigenvalue weighted by molar-refractivity contribution is -0.881. The fourth-order valence-electron chi connectivity index (χ4n) is 2.83. The second-order valence-corrected chi connectivity index (χ2v) is 6.42. The van der Waals surface area contributed by atoms with Crippen LogP contribution in [0.3, 0.4) is 0 Å². The summed E-state index contributed by atoms with van der Waals surface area (Å²) in [4.78, 5) is 25.3. The number of anilines is 2. The number of amides is 2. The SMILES string of the molecule is CC[NH+](CC(=O)Nc1ccc(F)cc1)CC(=O)Nc1ccc2c(c1)OCCO2. The Balaban J connectivity index is 1.51. The van der Waals surface area contributed by atoms with Crippen LogP contribution in [-0.4, -0.2) is 44.7 Å². The van der Waals surface area contributed by atoms with Crippen molar-refractivity contribution < 1.29 is 28.4 Å². The lowest BCUT2D eigenvalue weighted by atomic mass is 10.2. The first-order valence-electron chi connectivity index (χ1n) is 9.12. The van der Waals surface area contributed by atoms with Crippen LogP contribution in [0.25, 0.3) is 0 Å². The third kappa shape index (κ3) is 5.43. The molecule has 0 bridgehead atoms. The van der Waals surface area contributed by atoms with Gasteiger partial charge in [0.2, 0.25) is 0 Å². The number of fused-ring (bicyclic) bond motifs is 1. The molecule has 2 aromatic carbocycles. The maximum Gasteiger partial charge on any atom is 0.279 e. The Morgan fingerprint density at radius 1 is 0.929 bits per heavy atom. The van der Waals surface area contributed by atoms with Gasteiger partial charge < -0.3 is 25.0 Å². The van der Waals surface area contributed by atoms with E-state index in [0.717, 1.165) is 4.90 Å². The van der Waals surface area contributed by atoms with Gasteiger partial charge in [0.15, 0.2) is 24.6 Å². The van der Waals surface area contributed by atoms with Crippen molar-refractivity contribution in [2.45, 2.75) is 6.92 Å². The highest BCUT2D eigenvalue weighted by molar-refractivity contribution is 5.93. The van der Waals surface area contributed by atoms with Crippen LogP contribution in [0.2, 0.25) is 0 Å². The van der Waals surface area contributed by atoms with Gasteiger partial charge in [-0.1, -0.05) is 0 Å². The molecule has 0 aromatic heterocycles. The van der Waals surface area contributed by atoms with Crippen LogP contribution < -0.4 is 25.0 Å². The summed E-state index contributed by atoms with van der Waals surface area (Å²) >= 11 is 0. The molecule has 0 saturated heterocycles. The number of carbonyl (C=O) groups excluding carboxylic acids is 2. The number of likely N-dealkylation sites (N-methyl/N-ethyl adjacent to an activating group) is 1. The van der Waals surface area contributed by atoms with Gasteiger partial charge in [0, 0.05) is 17.4 Å². The lowest BCUT2D eigenvalue weighted by Gasteiger charge is -2.19. The molecule has 1 aliphatic rings. The van der Waals surface area contributed by atoms with Crippen LogP contribution >= 0.6 is 0 Å². The Morgan fingerprint density at radius 2 is 1.50 bits per heavy atom. The van der Waals surface area contributed by atoms with Gasteiger partial charge in [-0.15, -0.1) is 0 Å². The van der Waals surface area contributed by atoms with Crippen molar-refractivity contribution in [3.05, 3.63) is 48.3 Å². The van der Waals surface area contributed by atoms with Gasteiger partial charge in [0.1, 0.15) is 19.0 Å². The van der Waals surface area contributed by atoms with Crippen LogP contribution in [0.1, 0.15) is 6.92 Å². The van der Waals surface area contributed by atoms with Crippen LogP contribution in [-0.2, 0) is 9.59 Å². The predicted octanol–water partition coefficient (Wildman–Crippen LogP) is 1.08. The van der Waals surface area contributed by atoms with Crippen molar-refractivity contribution in [2.24, 2.45) is 0 Å². The molecule has 2 aromatic rings. The van der Waals surface area contributed by atoms with E-state index in [2.05, 4.69) is 10.6 Å². The number of hydrogen-bond acceptors (Lipinski definition) is 4. The number of carbonyl (C=O) groups is 2. The van der Waals surface area contributed by atoms with Crippen molar-refractivity contribution >= 4 is 23.2 Å². The second-order valence-electron chi connectivity index (χ2n) is 6.42. The summed E-state index contributed by atoms with van der Waals surface area (Å²) in [5, 5.41) is 5.52. The minimum absolute atomic E-state index is 0.127. The van der Waals surface area contributed by atoms with Gasteiger partial charge in [-0.3, -0.25) is 9.59 Å². The number of hydrogen-bond donors (Lipinski definition) is 3. The smallest absolute Gasteiger partial charge is 0.279 e. The van der Waals surface area contributed by atoms with Crippen LogP contribution in [0.15, 0.2) is 42.5 Å². The molecule has 8 heteroatoms. The van der Waals surface area contributed by atoms with Gasteiger partial charge in [0.25, 0.3) is 11.8 Å². The van der Waals surface area contributed by atoms with E-state index in [9.17, 15) is 14.0 Å². The first-order valence-corrected chi connectivity index (χ1v) is 9.12. The van der Waals surface area contributed by atoms with Crippen LogP contribution in [0.5, 0.6) is 11.5 Å². The lowest BCUT2D eigenvalue weighted by Crippen LogP contribution is -3.13. The van der Waals surface area contributed by atoms with E-state index >= 15 is 0 Å². The molecule has 0 spiro atoms. The number of ether oxygens (including phenoxy) is 2. The average molecular weight is 388 g/mol. The predicted molar refractivity (Wildman–Crippen MR) is 102 cm³/mol. The third-order valence-corrected chi connectivity index (χ3v) is 4.28. The fraction of sp³-hybridized carbons (Fsp3) is 0.300. The number of benzene rings is 2. The summed E-state index contributed by atoms with van der Waals surface area (Å²) < 4.78 is 23.9. The minimum Gasteiger partial charge on any atom is -0.486 e. The average Bonchev–Trinajstić information content (AvgIpc) is 2.69. The molecule has 1 aliphatic heterocycles. The maximum absolute atomic E-state index is 12.9. The zero-order valence-electron chi connectivity index (χ0n) is 15.6. The normalized spacial score (nSPS) is 13.5. The van der Waals surface area contributed by atoms with Crippen LogP contribution in [0, 0.1) is 5.82 Å². The van der Waals surface area contributed by atoms with E-state index < -0.39 is 0 Å². The molecule has 3 N–H and O–H groups in total. The summed E-state index contributed by atoms with van der Waals surface area (Å²) in [5.41, 5.74) is 1.13. The van der Waals surface area contributed by atoms with E-state index in [1.807, 2.05) is 6.92 Å². The number of rotatable bonds is 7. The van der Waals surface area contributed by atoms with Gasteiger partial charge in [0.05, 0.1) is 6.54 Å². The summed E-state index contributed by atoms with van der Waals surface area (Å²) in [5.74, 6) is 0.443. The van der Waals surface area contributed by atoms with Gasteiger partial charge in [-0.05, 0) is 43.3 Å². The molecular weight excluding hydrogens is 365 g/mol.